The highest BCUT2D eigenvalue weighted by molar-refractivity contribution is 5.82. The SMILES string of the molecule is C#CCNC(C)(C(=O)OCC)c1cncc(F)c1. The van der Waals surface area contributed by atoms with Gasteiger partial charge in [0, 0.05) is 11.8 Å². The molecule has 1 heterocycles. The number of terminal acetylenes is 1. The van der Waals surface area contributed by atoms with E-state index in [0.29, 0.717) is 5.56 Å². The number of rotatable bonds is 5. The molecule has 0 aliphatic rings. The Balaban J connectivity index is 3.11. The Kier molecular flexibility index (Phi) is 4.81. The Labute approximate surface area is 106 Å². The third kappa shape index (κ3) is 3.05. The van der Waals surface area contributed by atoms with Crippen molar-refractivity contribution in [1.29, 1.82) is 0 Å². The minimum atomic E-state index is -1.21. The molecule has 1 rings (SSSR count). The normalized spacial score (nSPS) is 13.4. The van der Waals surface area contributed by atoms with Crippen LogP contribution in [0.1, 0.15) is 19.4 Å². The summed E-state index contributed by atoms with van der Waals surface area (Å²) in [4.78, 5) is 15.7. The topological polar surface area (TPSA) is 51.2 Å². The van der Waals surface area contributed by atoms with Crippen molar-refractivity contribution in [2.24, 2.45) is 0 Å². The van der Waals surface area contributed by atoms with Gasteiger partial charge >= 0.3 is 5.97 Å². The van der Waals surface area contributed by atoms with Crippen LogP contribution in [0.5, 0.6) is 0 Å². The summed E-state index contributed by atoms with van der Waals surface area (Å²) in [6.45, 7) is 3.67. The van der Waals surface area contributed by atoms with Crippen LogP contribution in [0.15, 0.2) is 18.5 Å². The lowest BCUT2D eigenvalue weighted by molar-refractivity contribution is -0.150. The maximum atomic E-state index is 13.2. The first-order chi connectivity index (χ1) is 8.54. The van der Waals surface area contributed by atoms with Gasteiger partial charge in [-0.25, -0.2) is 9.18 Å². The van der Waals surface area contributed by atoms with Crippen LogP contribution in [-0.2, 0) is 15.1 Å². The molecule has 5 heteroatoms. The number of carbonyl (C=O) groups excluding carboxylic acids is 1. The molecule has 0 aliphatic heterocycles. The van der Waals surface area contributed by atoms with E-state index in [0.717, 1.165) is 6.20 Å². The molecule has 4 nitrogen and oxygen atoms in total. The minimum Gasteiger partial charge on any atom is -0.464 e. The third-order valence-corrected chi connectivity index (χ3v) is 2.51. The van der Waals surface area contributed by atoms with E-state index >= 15 is 0 Å². The van der Waals surface area contributed by atoms with Gasteiger partial charge < -0.3 is 4.74 Å². The van der Waals surface area contributed by atoms with Crippen LogP contribution in [0, 0.1) is 18.2 Å². The van der Waals surface area contributed by atoms with Crippen LogP contribution >= 0.6 is 0 Å². The zero-order valence-electron chi connectivity index (χ0n) is 10.4. The molecule has 18 heavy (non-hydrogen) atoms. The number of ether oxygens (including phenoxy) is 1. The zero-order chi connectivity index (χ0) is 13.6. The van der Waals surface area contributed by atoms with Crippen LogP contribution in [0.2, 0.25) is 0 Å². The third-order valence-electron chi connectivity index (χ3n) is 2.51. The molecule has 0 aromatic carbocycles. The summed E-state index contributed by atoms with van der Waals surface area (Å²) in [7, 11) is 0. The highest BCUT2D eigenvalue weighted by Gasteiger charge is 2.36. The first-order valence-electron chi connectivity index (χ1n) is 5.51. The van der Waals surface area contributed by atoms with E-state index in [1.165, 1.54) is 12.3 Å². The van der Waals surface area contributed by atoms with Gasteiger partial charge in [-0.2, -0.15) is 0 Å². The van der Waals surface area contributed by atoms with Gasteiger partial charge in [0.15, 0.2) is 0 Å². The van der Waals surface area contributed by atoms with E-state index in [4.69, 9.17) is 11.2 Å². The number of aromatic nitrogens is 1. The van der Waals surface area contributed by atoms with Crippen molar-refractivity contribution in [1.82, 2.24) is 10.3 Å². The summed E-state index contributed by atoms with van der Waals surface area (Å²) in [6.07, 6.45) is 7.64. The van der Waals surface area contributed by atoms with Crippen LogP contribution in [0.3, 0.4) is 0 Å². The Morgan fingerprint density at radius 3 is 2.94 bits per heavy atom. The molecule has 0 saturated heterocycles. The summed E-state index contributed by atoms with van der Waals surface area (Å²) in [5, 5.41) is 2.86. The van der Waals surface area contributed by atoms with Crippen molar-refractivity contribution >= 4 is 5.97 Å². The molecule has 96 valence electrons. The van der Waals surface area contributed by atoms with Gasteiger partial charge in [-0.15, -0.1) is 6.42 Å². The van der Waals surface area contributed by atoms with E-state index < -0.39 is 17.3 Å². The zero-order valence-corrected chi connectivity index (χ0v) is 10.4. The first kappa shape index (κ1) is 14.1. The summed E-state index contributed by atoms with van der Waals surface area (Å²) >= 11 is 0. The number of hydrogen-bond donors (Lipinski definition) is 1. The Bertz CT molecular complexity index is 470. The first-order valence-corrected chi connectivity index (χ1v) is 5.51. The fourth-order valence-electron chi connectivity index (χ4n) is 1.48. The number of esters is 1. The predicted octanol–water partition coefficient (Wildman–Crippen LogP) is 1.22. The molecule has 1 unspecified atom stereocenters. The quantitative estimate of drug-likeness (QED) is 0.630. The number of pyridine rings is 1. The Morgan fingerprint density at radius 2 is 2.39 bits per heavy atom. The second kappa shape index (κ2) is 6.12. The van der Waals surface area contributed by atoms with Gasteiger partial charge in [0.2, 0.25) is 0 Å². The molecule has 1 aromatic rings. The van der Waals surface area contributed by atoms with E-state index in [-0.39, 0.29) is 13.2 Å². The van der Waals surface area contributed by atoms with Gasteiger partial charge in [0.05, 0.1) is 19.3 Å². The van der Waals surface area contributed by atoms with Crippen molar-refractivity contribution in [2.75, 3.05) is 13.2 Å². The number of hydrogen-bond acceptors (Lipinski definition) is 4. The molecule has 0 aliphatic carbocycles. The molecule has 0 bridgehead atoms. The van der Waals surface area contributed by atoms with Crippen LogP contribution in [0.25, 0.3) is 0 Å². The fourth-order valence-corrected chi connectivity index (χ4v) is 1.48. The predicted molar refractivity (Wildman–Crippen MR) is 65.0 cm³/mol. The molecule has 0 saturated carbocycles. The summed E-state index contributed by atoms with van der Waals surface area (Å²) < 4.78 is 18.2. The largest absolute Gasteiger partial charge is 0.464 e. The van der Waals surface area contributed by atoms with Crippen molar-refractivity contribution in [2.45, 2.75) is 19.4 Å². The molecule has 0 amide bonds. The Hall–Kier alpha value is -1.93. The minimum absolute atomic E-state index is 0.159. The van der Waals surface area contributed by atoms with Crippen molar-refractivity contribution in [3.05, 3.63) is 29.8 Å². The lowest BCUT2D eigenvalue weighted by atomic mass is 9.93. The molecular formula is C13H15FN2O2. The molecule has 0 radical (unpaired) electrons. The molecular weight excluding hydrogens is 235 g/mol. The van der Waals surface area contributed by atoms with Crippen LogP contribution < -0.4 is 5.32 Å². The van der Waals surface area contributed by atoms with Crippen LogP contribution in [0.4, 0.5) is 4.39 Å². The average Bonchev–Trinajstić information content (AvgIpc) is 2.36. The van der Waals surface area contributed by atoms with Crippen molar-refractivity contribution in [3.63, 3.8) is 0 Å². The van der Waals surface area contributed by atoms with Gasteiger partial charge in [0.1, 0.15) is 11.4 Å². The average molecular weight is 250 g/mol. The highest BCUT2D eigenvalue weighted by atomic mass is 19.1. The van der Waals surface area contributed by atoms with Crippen LogP contribution in [-0.4, -0.2) is 24.1 Å². The second-order valence-corrected chi connectivity index (χ2v) is 3.79. The molecule has 1 atom stereocenters. The second-order valence-electron chi connectivity index (χ2n) is 3.79. The number of nitrogens with zero attached hydrogens (tertiary/aromatic N) is 1. The number of halogens is 1. The number of nitrogens with one attached hydrogen (secondary N) is 1. The Morgan fingerprint density at radius 1 is 1.67 bits per heavy atom. The lowest BCUT2D eigenvalue weighted by Crippen LogP contribution is -2.48. The molecule has 1 aromatic heterocycles. The molecule has 0 fully saturated rings. The fraction of sp³-hybridized carbons (Fsp3) is 0.385. The van der Waals surface area contributed by atoms with Gasteiger partial charge in [-0.3, -0.25) is 10.3 Å². The maximum absolute atomic E-state index is 13.2. The summed E-state index contributed by atoms with van der Waals surface area (Å²) in [5.41, 5.74) is -0.839. The smallest absolute Gasteiger partial charge is 0.330 e. The summed E-state index contributed by atoms with van der Waals surface area (Å²) in [5.74, 6) is 1.33. The summed E-state index contributed by atoms with van der Waals surface area (Å²) in [6, 6.07) is 1.23. The standard InChI is InChI=1S/C13H15FN2O2/c1-4-6-16-13(3,12(17)18-5-2)10-7-11(14)9-15-8-10/h1,7-9,16H,5-6H2,2-3H3. The lowest BCUT2D eigenvalue weighted by Gasteiger charge is -2.27. The van der Waals surface area contributed by atoms with E-state index in [1.54, 1.807) is 13.8 Å². The monoisotopic (exact) mass is 250 g/mol. The highest BCUT2D eigenvalue weighted by Crippen LogP contribution is 2.22. The van der Waals surface area contributed by atoms with E-state index in [1.807, 2.05) is 0 Å². The molecule has 1 N–H and O–H groups in total. The van der Waals surface area contributed by atoms with Gasteiger partial charge in [0.25, 0.3) is 0 Å². The van der Waals surface area contributed by atoms with Crippen molar-refractivity contribution < 1.29 is 13.9 Å². The molecule has 0 spiro atoms. The van der Waals surface area contributed by atoms with Gasteiger partial charge in [-0.1, -0.05) is 5.92 Å². The van der Waals surface area contributed by atoms with Gasteiger partial charge in [-0.05, 0) is 19.9 Å². The van der Waals surface area contributed by atoms with Crippen molar-refractivity contribution in [3.8, 4) is 12.3 Å². The maximum Gasteiger partial charge on any atom is 0.330 e. The number of carbonyl (C=O) groups is 1. The van der Waals surface area contributed by atoms with E-state index in [9.17, 15) is 9.18 Å². The van der Waals surface area contributed by atoms with E-state index in [2.05, 4.69) is 16.2 Å².